The molecule has 0 saturated heterocycles. The van der Waals surface area contributed by atoms with Crippen molar-refractivity contribution in [3.63, 3.8) is 0 Å². The van der Waals surface area contributed by atoms with Crippen molar-refractivity contribution < 1.29 is 4.74 Å². The highest BCUT2D eigenvalue weighted by atomic mass is 16.5. The highest BCUT2D eigenvalue weighted by molar-refractivity contribution is 4.81. The first-order valence-corrected chi connectivity index (χ1v) is 7.13. The Morgan fingerprint density at radius 1 is 1.12 bits per heavy atom. The van der Waals surface area contributed by atoms with Gasteiger partial charge < -0.3 is 10.1 Å². The maximum atomic E-state index is 5.71. The van der Waals surface area contributed by atoms with Gasteiger partial charge in [0.05, 0.1) is 0 Å². The third-order valence-electron chi connectivity index (χ3n) is 3.81. The highest BCUT2D eigenvalue weighted by Crippen LogP contribution is 2.27. The molecule has 0 bridgehead atoms. The van der Waals surface area contributed by atoms with Crippen LogP contribution in [-0.4, -0.2) is 26.3 Å². The van der Waals surface area contributed by atoms with Gasteiger partial charge in [-0.05, 0) is 38.6 Å². The topological polar surface area (TPSA) is 21.3 Å². The zero-order valence-corrected chi connectivity index (χ0v) is 11.1. The fourth-order valence-electron chi connectivity index (χ4n) is 2.73. The Kier molecular flexibility index (Phi) is 7.87. The molecule has 2 unspecified atom stereocenters. The second-order valence-electron chi connectivity index (χ2n) is 5.05. The molecule has 1 fully saturated rings. The summed E-state index contributed by atoms with van der Waals surface area (Å²) in [4.78, 5) is 0. The number of rotatable bonds is 9. The Balaban J connectivity index is 1.90. The van der Waals surface area contributed by atoms with E-state index in [1.165, 1.54) is 51.4 Å². The van der Waals surface area contributed by atoms with E-state index in [0.29, 0.717) is 0 Å². The summed E-state index contributed by atoms with van der Waals surface area (Å²) in [6.45, 7) is 4.19. The van der Waals surface area contributed by atoms with Crippen molar-refractivity contribution in [1.29, 1.82) is 0 Å². The molecule has 2 atom stereocenters. The van der Waals surface area contributed by atoms with E-state index in [2.05, 4.69) is 19.3 Å². The lowest BCUT2D eigenvalue weighted by Gasteiger charge is -2.18. The van der Waals surface area contributed by atoms with Crippen LogP contribution in [0.2, 0.25) is 0 Å². The molecule has 16 heavy (non-hydrogen) atoms. The number of hydrogen-bond acceptors (Lipinski definition) is 2. The molecule has 0 aromatic rings. The molecular formula is C14H29NO. The summed E-state index contributed by atoms with van der Waals surface area (Å²) in [6, 6.07) is 0.753. The quantitative estimate of drug-likeness (QED) is 0.610. The van der Waals surface area contributed by atoms with Crippen LogP contribution in [0, 0.1) is 5.92 Å². The average molecular weight is 227 g/mol. The van der Waals surface area contributed by atoms with Crippen molar-refractivity contribution in [3.8, 4) is 0 Å². The average Bonchev–Trinajstić information content (AvgIpc) is 2.75. The molecule has 2 nitrogen and oxygen atoms in total. The molecule has 0 radical (unpaired) electrons. The van der Waals surface area contributed by atoms with Crippen molar-refractivity contribution in [3.05, 3.63) is 0 Å². The summed E-state index contributed by atoms with van der Waals surface area (Å²) in [7, 11) is 2.09. The predicted octanol–water partition coefficient (Wildman–Crippen LogP) is 3.36. The fraction of sp³-hybridized carbons (Fsp3) is 1.00. The lowest BCUT2D eigenvalue weighted by Crippen LogP contribution is -2.29. The first kappa shape index (κ1) is 14.0. The molecule has 0 aromatic carbocycles. The van der Waals surface area contributed by atoms with E-state index in [0.717, 1.165) is 25.2 Å². The van der Waals surface area contributed by atoms with E-state index < -0.39 is 0 Å². The van der Waals surface area contributed by atoms with Crippen LogP contribution in [0.1, 0.15) is 58.3 Å². The Labute approximate surface area is 101 Å². The van der Waals surface area contributed by atoms with Crippen molar-refractivity contribution in [2.75, 3.05) is 20.3 Å². The molecule has 1 N–H and O–H groups in total. The molecule has 1 rings (SSSR count). The van der Waals surface area contributed by atoms with Gasteiger partial charge in [-0.2, -0.15) is 0 Å². The molecule has 0 amide bonds. The minimum atomic E-state index is 0.753. The van der Waals surface area contributed by atoms with E-state index >= 15 is 0 Å². The van der Waals surface area contributed by atoms with Crippen molar-refractivity contribution in [2.24, 2.45) is 5.92 Å². The van der Waals surface area contributed by atoms with E-state index in [1.54, 1.807) is 0 Å². The standard InChI is InChI=1S/C14H29NO/c1-3-4-5-6-11-16-12-10-13-8-7-9-14(13)15-2/h13-15H,3-12H2,1-2H3. The SMILES string of the molecule is CCCCCCOCCC1CCCC1NC. The predicted molar refractivity (Wildman–Crippen MR) is 69.8 cm³/mol. The Hall–Kier alpha value is -0.0800. The van der Waals surface area contributed by atoms with Gasteiger partial charge in [0, 0.05) is 19.3 Å². The minimum Gasteiger partial charge on any atom is -0.381 e. The highest BCUT2D eigenvalue weighted by Gasteiger charge is 2.24. The monoisotopic (exact) mass is 227 g/mol. The first-order valence-electron chi connectivity index (χ1n) is 7.13. The molecule has 0 heterocycles. The van der Waals surface area contributed by atoms with Gasteiger partial charge in [-0.15, -0.1) is 0 Å². The van der Waals surface area contributed by atoms with Gasteiger partial charge in [0.2, 0.25) is 0 Å². The first-order chi connectivity index (χ1) is 7.88. The molecule has 1 saturated carbocycles. The molecule has 1 aliphatic rings. The summed E-state index contributed by atoms with van der Waals surface area (Å²) in [6.07, 6.45) is 10.6. The van der Waals surface area contributed by atoms with Gasteiger partial charge >= 0.3 is 0 Å². The van der Waals surface area contributed by atoms with Gasteiger partial charge in [0.15, 0.2) is 0 Å². The molecule has 0 aromatic heterocycles. The van der Waals surface area contributed by atoms with Gasteiger partial charge in [-0.1, -0.05) is 32.6 Å². The van der Waals surface area contributed by atoms with E-state index in [4.69, 9.17) is 4.74 Å². The summed E-state index contributed by atoms with van der Waals surface area (Å²) >= 11 is 0. The molecule has 2 heteroatoms. The van der Waals surface area contributed by atoms with Crippen molar-refractivity contribution >= 4 is 0 Å². The second-order valence-corrected chi connectivity index (χ2v) is 5.05. The van der Waals surface area contributed by atoms with Crippen molar-refractivity contribution in [2.45, 2.75) is 64.3 Å². The van der Waals surface area contributed by atoms with Crippen molar-refractivity contribution in [1.82, 2.24) is 5.32 Å². The Morgan fingerprint density at radius 3 is 2.75 bits per heavy atom. The zero-order chi connectivity index (χ0) is 11.6. The third-order valence-corrected chi connectivity index (χ3v) is 3.81. The minimum absolute atomic E-state index is 0.753. The normalized spacial score (nSPS) is 25.1. The maximum absolute atomic E-state index is 5.71. The number of ether oxygens (including phenoxy) is 1. The van der Waals surface area contributed by atoms with E-state index in [-0.39, 0.29) is 0 Å². The van der Waals surface area contributed by atoms with E-state index in [9.17, 15) is 0 Å². The number of hydrogen-bond donors (Lipinski definition) is 1. The third kappa shape index (κ3) is 5.31. The van der Waals surface area contributed by atoms with Gasteiger partial charge in [-0.3, -0.25) is 0 Å². The molecular weight excluding hydrogens is 198 g/mol. The van der Waals surface area contributed by atoms with Crippen LogP contribution < -0.4 is 5.32 Å². The fourth-order valence-corrected chi connectivity index (χ4v) is 2.73. The van der Waals surface area contributed by atoms with Crippen LogP contribution in [0.5, 0.6) is 0 Å². The Morgan fingerprint density at radius 2 is 2.00 bits per heavy atom. The summed E-state index contributed by atoms with van der Waals surface area (Å²) in [5, 5.41) is 3.43. The summed E-state index contributed by atoms with van der Waals surface area (Å²) in [5.74, 6) is 0.862. The van der Waals surface area contributed by atoms with Crippen LogP contribution in [0.3, 0.4) is 0 Å². The van der Waals surface area contributed by atoms with Crippen LogP contribution >= 0.6 is 0 Å². The number of nitrogens with one attached hydrogen (secondary N) is 1. The van der Waals surface area contributed by atoms with Gasteiger partial charge in [0.25, 0.3) is 0 Å². The van der Waals surface area contributed by atoms with E-state index in [1.807, 2.05) is 0 Å². The summed E-state index contributed by atoms with van der Waals surface area (Å²) in [5.41, 5.74) is 0. The van der Waals surface area contributed by atoms with Crippen LogP contribution in [0.25, 0.3) is 0 Å². The Bertz CT molecular complexity index is 161. The molecule has 0 spiro atoms. The van der Waals surface area contributed by atoms with Crippen LogP contribution in [0.4, 0.5) is 0 Å². The second kappa shape index (κ2) is 9.00. The smallest absolute Gasteiger partial charge is 0.0469 e. The van der Waals surface area contributed by atoms with Crippen LogP contribution in [0.15, 0.2) is 0 Å². The molecule has 1 aliphatic carbocycles. The molecule has 0 aliphatic heterocycles. The lowest BCUT2D eigenvalue weighted by atomic mass is 10.0. The summed E-state index contributed by atoms with van der Waals surface area (Å²) < 4.78 is 5.71. The van der Waals surface area contributed by atoms with Gasteiger partial charge in [0.1, 0.15) is 0 Å². The van der Waals surface area contributed by atoms with Crippen LogP contribution in [-0.2, 0) is 4.74 Å². The van der Waals surface area contributed by atoms with Gasteiger partial charge in [-0.25, -0.2) is 0 Å². The maximum Gasteiger partial charge on any atom is 0.0469 e. The zero-order valence-electron chi connectivity index (χ0n) is 11.1. The largest absolute Gasteiger partial charge is 0.381 e. The number of unbranched alkanes of at least 4 members (excludes halogenated alkanes) is 3. The molecule has 96 valence electrons. The lowest BCUT2D eigenvalue weighted by molar-refractivity contribution is 0.113.